The number of amides is 2. The molecule has 4 rings (SSSR count). The SMILES string of the molecule is O=C1NC2(C(=O)O)CC2/C=C\CCCCC[C@H](N2CCCCC2)C(=O)N2CCC[C@@H]12. The lowest BCUT2D eigenvalue weighted by molar-refractivity contribution is -0.146. The zero-order chi connectivity index (χ0) is 21.1. The highest BCUT2D eigenvalue weighted by molar-refractivity contribution is 5.95. The van der Waals surface area contributed by atoms with Crippen LogP contribution in [0.15, 0.2) is 12.2 Å². The van der Waals surface area contributed by atoms with Crippen molar-refractivity contribution in [3.05, 3.63) is 12.2 Å². The van der Waals surface area contributed by atoms with Gasteiger partial charge in [0.25, 0.3) is 0 Å². The average molecular weight is 418 g/mol. The minimum atomic E-state index is -1.20. The van der Waals surface area contributed by atoms with Gasteiger partial charge in [0.15, 0.2) is 0 Å². The molecule has 0 aromatic rings. The largest absolute Gasteiger partial charge is 0.479 e. The molecule has 166 valence electrons. The van der Waals surface area contributed by atoms with Gasteiger partial charge in [-0.15, -0.1) is 0 Å². The third-order valence-electron chi connectivity index (χ3n) is 7.41. The van der Waals surface area contributed by atoms with Crippen LogP contribution in [-0.4, -0.2) is 69.9 Å². The number of allylic oxidation sites excluding steroid dienone is 1. The van der Waals surface area contributed by atoms with Gasteiger partial charge in [0, 0.05) is 12.5 Å². The zero-order valence-electron chi connectivity index (χ0n) is 17.9. The number of rotatable bonds is 2. The van der Waals surface area contributed by atoms with E-state index in [1.807, 2.05) is 6.08 Å². The van der Waals surface area contributed by atoms with Crippen LogP contribution in [0.25, 0.3) is 0 Å². The maximum absolute atomic E-state index is 13.6. The fraction of sp³-hybridized carbons (Fsp3) is 0.783. The second kappa shape index (κ2) is 9.08. The van der Waals surface area contributed by atoms with Crippen LogP contribution in [0.4, 0.5) is 0 Å². The minimum absolute atomic E-state index is 0.0688. The zero-order valence-corrected chi connectivity index (χ0v) is 17.9. The lowest BCUT2D eigenvalue weighted by Gasteiger charge is -2.37. The number of carboxylic acid groups (broad SMARTS) is 1. The smallest absolute Gasteiger partial charge is 0.330 e. The van der Waals surface area contributed by atoms with Gasteiger partial charge in [-0.2, -0.15) is 0 Å². The third kappa shape index (κ3) is 4.27. The van der Waals surface area contributed by atoms with E-state index in [1.54, 1.807) is 4.90 Å². The van der Waals surface area contributed by atoms with E-state index in [2.05, 4.69) is 16.3 Å². The van der Waals surface area contributed by atoms with Crippen molar-refractivity contribution in [2.24, 2.45) is 5.92 Å². The van der Waals surface area contributed by atoms with Crippen LogP contribution in [-0.2, 0) is 14.4 Å². The first-order chi connectivity index (χ1) is 14.5. The molecular weight excluding hydrogens is 382 g/mol. The molecule has 2 unspecified atom stereocenters. The van der Waals surface area contributed by atoms with Gasteiger partial charge < -0.3 is 15.3 Å². The van der Waals surface area contributed by atoms with Gasteiger partial charge >= 0.3 is 5.97 Å². The van der Waals surface area contributed by atoms with Crippen LogP contribution in [0.3, 0.4) is 0 Å². The van der Waals surface area contributed by atoms with Crippen LogP contribution in [0.2, 0.25) is 0 Å². The predicted octanol–water partition coefficient (Wildman–Crippen LogP) is 2.31. The number of carbonyl (C=O) groups is 3. The molecule has 2 amide bonds. The molecule has 1 aliphatic carbocycles. The first kappa shape index (κ1) is 21.3. The van der Waals surface area contributed by atoms with Crippen molar-refractivity contribution < 1.29 is 19.5 Å². The topological polar surface area (TPSA) is 90.0 Å². The van der Waals surface area contributed by atoms with Crippen molar-refractivity contribution >= 4 is 17.8 Å². The Kier molecular flexibility index (Phi) is 6.46. The van der Waals surface area contributed by atoms with Gasteiger partial charge in [0.1, 0.15) is 11.6 Å². The summed E-state index contributed by atoms with van der Waals surface area (Å²) < 4.78 is 0. The molecule has 0 bridgehead atoms. The Labute approximate surface area is 178 Å². The Morgan fingerprint density at radius 1 is 0.967 bits per heavy atom. The summed E-state index contributed by atoms with van der Waals surface area (Å²) in [7, 11) is 0. The van der Waals surface area contributed by atoms with E-state index in [-0.39, 0.29) is 23.8 Å². The maximum Gasteiger partial charge on any atom is 0.330 e. The van der Waals surface area contributed by atoms with Gasteiger partial charge in [-0.3, -0.25) is 14.5 Å². The Bertz CT molecular complexity index is 703. The number of fused-ring (bicyclic) bond motifs is 2. The summed E-state index contributed by atoms with van der Waals surface area (Å²) in [4.78, 5) is 42.7. The van der Waals surface area contributed by atoms with Crippen molar-refractivity contribution in [3.8, 4) is 0 Å². The fourth-order valence-electron chi connectivity index (χ4n) is 5.49. The lowest BCUT2D eigenvalue weighted by atomic mass is 10.0. The van der Waals surface area contributed by atoms with E-state index in [9.17, 15) is 19.5 Å². The monoisotopic (exact) mass is 417 g/mol. The summed E-state index contributed by atoms with van der Waals surface area (Å²) in [6, 6.07) is -0.696. The summed E-state index contributed by atoms with van der Waals surface area (Å²) in [5, 5.41) is 12.6. The normalized spacial score (nSPS) is 37.3. The molecule has 4 aliphatic rings. The fourth-order valence-corrected chi connectivity index (χ4v) is 5.49. The number of hydrogen-bond donors (Lipinski definition) is 2. The minimum Gasteiger partial charge on any atom is -0.479 e. The Morgan fingerprint density at radius 2 is 1.70 bits per heavy atom. The highest BCUT2D eigenvalue weighted by Gasteiger charge is 2.61. The number of carbonyl (C=O) groups excluding carboxylic acids is 2. The molecule has 7 nitrogen and oxygen atoms in total. The molecule has 30 heavy (non-hydrogen) atoms. The van der Waals surface area contributed by atoms with Crippen molar-refractivity contribution in [1.29, 1.82) is 0 Å². The average Bonchev–Trinajstić information content (AvgIpc) is 3.21. The van der Waals surface area contributed by atoms with E-state index in [4.69, 9.17) is 0 Å². The molecule has 0 aromatic heterocycles. The summed E-state index contributed by atoms with van der Waals surface area (Å²) in [5.41, 5.74) is -1.20. The van der Waals surface area contributed by atoms with Crippen molar-refractivity contribution in [1.82, 2.24) is 15.1 Å². The number of aliphatic carboxylic acids is 1. The molecule has 1 saturated carbocycles. The molecular formula is C23H35N3O4. The van der Waals surface area contributed by atoms with Crippen LogP contribution in [0.1, 0.15) is 70.6 Å². The second-order valence-electron chi connectivity index (χ2n) is 9.44. The second-order valence-corrected chi connectivity index (χ2v) is 9.44. The molecule has 0 radical (unpaired) electrons. The highest BCUT2D eigenvalue weighted by atomic mass is 16.4. The molecule has 7 heteroatoms. The summed E-state index contributed by atoms with van der Waals surface area (Å²) in [6.07, 6.45) is 14.2. The molecule has 0 spiro atoms. The summed E-state index contributed by atoms with van der Waals surface area (Å²) in [5.74, 6) is -1.36. The van der Waals surface area contributed by atoms with Gasteiger partial charge in [0.2, 0.25) is 11.8 Å². The quantitative estimate of drug-likeness (QED) is 0.673. The van der Waals surface area contributed by atoms with E-state index in [0.717, 1.165) is 64.5 Å². The number of nitrogens with one attached hydrogen (secondary N) is 1. The Morgan fingerprint density at radius 3 is 2.47 bits per heavy atom. The molecule has 4 atom stereocenters. The van der Waals surface area contributed by atoms with Crippen molar-refractivity contribution in [2.45, 2.75) is 88.3 Å². The molecule has 3 fully saturated rings. The number of piperidine rings is 1. The first-order valence-electron chi connectivity index (χ1n) is 11.8. The maximum atomic E-state index is 13.6. The molecule has 3 aliphatic heterocycles. The van der Waals surface area contributed by atoms with Gasteiger partial charge in [-0.05, 0) is 64.5 Å². The summed E-state index contributed by atoms with van der Waals surface area (Å²) >= 11 is 0. The van der Waals surface area contributed by atoms with E-state index in [0.29, 0.717) is 19.4 Å². The molecule has 2 saturated heterocycles. The van der Waals surface area contributed by atoms with E-state index < -0.39 is 17.6 Å². The van der Waals surface area contributed by atoms with Crippen LogP contribution in [0.5, 0.6) is 0 Å². The van der Waals surface area contributed by atoms with Crippen LogP contribution >= 0.6 is 0 Å². The Balaban J connectivity index is 1.56. The molecule has 0 aromatic carbocycles. The van der Waals surface area contributed by atoms with Crippen molar-refractivity contribution in [3.63, 3.8) is 0 Å². The van der Waals surface area contributed by atoms with Gasteiger partial charge in [-0.25, -0.2) is 4.79 Å². The number of likely N-dealkylation sites (tertiary alicyclic amines) is 1. The number of nitrogens with zero attached hydrogens (tertiary/aromatic N) is 2. The third-order valence-corrected chi connectivity index (χ3v) is 7.41. The number of hydrogen-bond acceptors (Lipinski definition) is 4. The molecule has 3 heterocycles. The highest BCUT2D eigenvalue weighted by Crippen LogP contribution is 2.45. The predicted molar refractivity (Wildman–Crippen MR) is 113 cm³/mol. The molecule has 2 N–H and O–H groups in total. The number of carboxylic acids is 1. The lowest BCUT2D eigenvalue weighted by Crippen LogP contribution is -2.56. The first-order valence-corrected chi connectivity index (χ1v) is 11.8. The van der Waals surface area contributed by atoms with E-state index in [1.165, 1.54) is 6.42 Å². The summed E-state index contributed by atoms with van der Waals surface area (Å²) in [6.45, 7) is 2.49. The van der Waals surface area contributed by atoms with Crippen LogP contribution < -0.4 is 5.32 Å². The van der Waals surface area contributed by atoms with E-state index >= 15 is 0 Å². The van der Waals surface area contributed by atoms with Crippen LogP contribution in [0, 0.1) is 5.92 Å². The van der Waals surface area contributed by atoms with Gasteiger partial charge in [-0.1, -0.05) is 31.4 Å². The van der Waals surface area contributed by atoms with Gasteiger partial charge in [0.05, 0.1) is 6.04 Å². The standard InChI is InChI=1S/C23H35N3O4/c27-20-18-12-9-15-26(18)21(28)19(25-13-7-4-8-14-25)11-6-3-1-2-5-10-17-16-23(17,24-20)22(29)30/h5,10,17-19H,1-4,6-9,11-16H2,(H,24,27)(H,29,30)/b10-5-/t17?,18-,19-,23?/m0/s1. The van der Waals surface area contributed by atoms with Crippen molar-refractivity contribution in [2.75, 3.05) is 19.6 Å². The Hall–Kier alpha value is -1.89.